The predicted octanol–water partition coefficient (Wildman–Crippen LogP) is 0.888. The van der Waals surface area contributed by atoms with Crippen molar-refractivity contribution in [3.05, 3.63) is 39.4 Å². The normalized spacial score (nSPS) is 24.0. The van der Waals surface area contributed by atoms with E-state index >= 15 is 0 Å². The topological polar surface area (TPSA) is 116 Å². The molecule has 22 heavy (non-hydrogen) atoms. The van der Waals surface area contributed by atoms with E-state index in [2.05, 4.69) is 5.32 Å². The van der Waals surface area contributed by atoms with Crippen LogP contribution in [0.5, 0.6) is 0 Å². The lowest BCUT2D eigenvalue weighted by atomic mass is 9.92. The number of rotatable bonds is 2. The van der Waals surface area contributed by atoms with Gasteiger partial charge in [-0.1, -0.05) is 0 Å². The van der Waals surface area contributed by atoms with Gasteiger partial charge in [-0.25, -0.2) is 21.5 Å². The van der Waals surface area contributed by atoms with Gasteiger partial charge in [0.2, 0.25) is 16.0 Å². The monoisotopic (exact) mass is 334 g/mol. The van der Waals surface area contributed by atoms with E-state index in [-0.39, 0.29) is 0 Å². The van der Waals surface area contributed by atoms with Gasteiger partial charge in [-0.2, -0.15) is 0 Å². The Labute approximate surface area is 124 Å². The molecular weight excluding hydrogens is 322 g/mol. The second-order valence-electron chi connectivity index (χ2n) is 5.08. The van der Waals surface area contributed by atoms with Crippen LogP contribution in [0.1, 0.15) is 12.5 Å². The van der Waals surface area contributed by atoms with E-state index in [0.29, 0.717) is 10.4 Å². The lowest BCUT2D eigenvalue weighted by molar-refractivity contribution is -0.385. The molecule has 0 aromatic heterocycles. The van der Waals surface area contributed by atoms with Crippen molar-refractivity contribution >= 4 is 21.7 Å². The van der Waals surface area contributed by atoms with Crippen LogP contribution in [0.3, 0.4) is 0 Å². The lowest BCUT2D eigenvalue weighted by Crippen LogP contribution is -2.61. The zero-order valence-electron chi connectivity index (χ0n) is 11.6. The molecular formula is C11H12F2N4O4S. The van der Waals surface area contributed by atoms with Crippen LogP contribution in [0.2, 0.25) is 0 Å². The van der Waals surface area contributed by atoms with Gasteiger partial charge in [-0.05, 0) is 6.92 Å². The van der Waals surface area contributed by atoms with Crippen molar-refractivity contribution in [3.63, 3.8) is 0 Å². The smallest absolute Gasteiger partial charge is 0.272 e. The number of guanidine groups is 1. The molecule has 1 aromatic carbocycles. The fraction of sp³-hybridized carbons (Fsp3) is 0.364. The minimum Gasteiger partial charge on any atom is -0.345 e. The van der Waals surface area contributed by atoms with E-state index in [0.717, 1.165) is 13.1 Å². The Morgan fingerprint density at radius 2 is 2.05 bits per heavy atom. The van der Waals surface area contributed by atoms with Crippen molar-refractivity contribution in [1.29, 1.82) is 5.41 Å². The molecule has 1 aliphatic rings. The number of nitrogens with one attached hydrogen (secondary N) is 2. The maximum Gasteiger partial charge on any atom is 0.272 e. The highest BCUT2D eigenvalue weighted by molar-refractivity contribution is 7.89. The Morgan fingerprint density at radius 3 is 2.55 bits per heavy atom. The third-order valence-electron chi connectivity index (χ3n) is 3.42. The van der Waals surface area contributed by atoms with Crippen molar-refractivity contribution in [2.45, 2.75) is 12.5 Å². The summed E-state index contributed by atoms with van der Waals surface area (Å²) in [6.45, 7) is 1.23. The Bertz CT molecular complexity index is 783. The molecule has 1 saturated heterocycles. The van der Waals surface area contributed by atoms with Gasteiger partial charge in [-0.3, -0.25) is 15.5 Å². The number of nitro groups is 1. The quantitative estimate of drug-likeness (QED) is 0.615. The molecule has 8 nitrogen and oxygen atoms in total. The predicted molar refractivity (Wildman–Crippen MR) is 72.8 cm³/mol. The zero-order valence-corrected chi connectivity index (χ0v) is 12.4. The molecule has 0 radical (unpaired) electrons. The third kappa shape index (κ3) is 2.47. The molecule has 1 aliphatic heterocycles. The van der Waals surface area contributed by atoms with E-state index in [4.69, 9.17) is 5.41 Å². The minimum absolute atomic E-state index is 0.414. The summed E-state index contributed by atoms with van der Waals surface area (Å²) in [5, 5.41) is 20.8. The Morgan fingerprint density at radius 1 is 1.45 bits per heavy atom. The van der Waals surface area contributed by atoms with E-state index in [1.165, 1.54) is 6.92 Å². The van der Waals surface area contributed by atoms with Crippen LogP contribution in [0.15, 0.2) is 12.1 Å². The SMILES string of the molecule is CN1C(=N)N[C@](C)(c2cc([N+](=O)[O-])cc(F)c2F)CS1(=O)=O. The third-order valence-corrected chi connectivity index (χ3v) is 5.38. The Hall–Kier alpha value is -2.30. The first-order valence-electron chi connectivity index (χ1n) is 5.95. The van der Waals surface area contributed by atoms with Crippen molar-refractivity contribution < 1.29 is 22.1 Å². The molecule has 2 rings (SSSR count). The van der Waals surface area contributed by atoms with Crippen molar-refractivity contribution in [1.82, 2.24) is 9.62 Å². The first kappa shape index (κ1) is 16.1. The van der Waals surface area contributed by atoms with Gasteiger partial charge < -0.3 is 5.32 Å². The van der Waals surface area contributed by atoms with Crippen molar-refractivity contribution in [3.8, 4) is 0 Å². The molecule has 2 N–H and O–H groups in total. The highest BCUT2D eigenvalue weighted by Crippen LogP contribution is 2.33. The van der Waals surface area contributed by atoms with Crippen LogP contribution in [0.4, 0.5) is 14.5 Å². The van der Waals surface area contributed by atoms with Crippen molar-refractivity contribution in [2.24, 2.45) is 0 Å². The molecule has 0 spiro atoms. The van der Waals surface area contributed by atoms with Gasteiger partial charge in [0, 0.05) is 18.7 Å². The standard InChI is InChI=1S/C11H12F2N4O4S/c1-11(5-22(20,21)16(2)10(14)15-11)7-3-6(17(18)19)4-8(12)9(7)13/h3-4H,5H2,1-2H3,(H2,14,15)/t11-/m0/s1. The number of nitrogens with zero attached hydrogens (tertiary/aromatic N) is 2. The van der Waals surface area contributed by atoms with Crippen LogP contribution in [0, 0.1) is 27.2 Å². The Kier molecular flexibility index (Phi) is 3.56. The number of nitro benzene ring substituents is 1. The highest BCUT2D eigenvalue weighted by Gasteiger charge is 2.44. The van der Waals surface area contributed by atoms with Gasteiger partial charge in [0.05, 0.1) is 22.3 Å². The summed E-state index contributed by atoms with van der Waals surface area (Å²) in [6.07, 6.45) is 0. The fourth-order valence-corrected chi connectivity index (χ4v) is 3.68. The number of halogens is 2. The lowest BCUT2D eigenvalue weighted by Gasteiger charge is -2.40. The minimum atomic E-state index is -3.94. The van der Waals surface area contributed by atoms with Gasteiger partial charge >= 0.3 is 0 Å². The molecule has 0 saturated carbocycles. The molecule has 0 bridgehead atoms. The van der Waals surface area contributed by atoms with E-state index < -0.39 is 55.1 Å². The molecule has 120 valence electrons. The van der Waals surface area contributed by atoms with Crippen LogP contribution in [0.25, 0.3) is 0 Å². The number of hydrogen-bond acceptors (Lipinski definition) is 5. The van der Waals surface area contributed by atoms with Crippen LogP contribution in [-0.2, 0) is 15.6 Å². The second-order valence-corrected chi connectivity index (χ2v) is 7.08. The second kappa shape index (κ2) is 4.87. The first-order chi connectivity index (χ1) is 9.98. The molecule has 0 amide bonds. The summed E-state index contributed by atoms with van der Waals surface area (Å²) in [5.41, 5.74) is -2.94. The van der Waals surface area contributed by atoms with Gasteiger partial charge in [-0.15, -0.1) is 0 Å². The summed E-state index contributed by atoms with van der Waals surface area (Å²) in [5.74, 6) is -4.08. The molecule has 1 aromatic rings. The highest BCUT2D eigenvalue weighted by atomic mass is 32.2. The molecule has 0 unspecified atom stereocenters. The molecule has 0 aliphatic carbocycles. The maximum absolute atomic E-state index is 14.0. The summed E-state index contributed by atoms with van der Waals surface area (Å²) in [4.78, 5) is 9.86. The van der Waals surface area contributed by atoms with E-state index in [1.54, 1.807) is 0 Å². The molecule has 1 fully saturated rings. The summed E-state index contributed by atoms with van der Waals surface area (Å²) in [7, 11) is -2.81. The number of hydrogen-bond donors (Lipinski definition) is 2. The van der Waals surface area contributed by atoms with Crippen LogP contribution < -0.4 is 5.32 Å². The molecule has 1 atom stereocenters. The molecule has 1 heterocycles. The van der Waals surface area contributed by atoms with Crippen LogP contribution >= 0.6 is 0 Å². The average molecular weight is 334 g/mol. The van der Waals surface area contributed by atoms with E-state index in [9.17, 15) is 27.3 Å². The van der Waals surface area contributed by atoms with Gasteiger partial charge in [0.15, 0.2) is 11.6 Å². The summed E-state index contributed by atoms with van der Waals surface area (Å²) < 4.78 is 52.2. The molecule has 11 heteroatoms. The zero-order chi connectivity index (χ0) is 16.9. The van der Waals surface area contributed by atoms with Gasteiger partial charge in [0.1, 0.15) is 0 Å². The maximum atomic E-state index is 14.0. The van der Waals surface area contributed by atoms with Crippen molar-refractivity contribution in [2.75, 3.05) is 12.8 Å². The van der Waals surface area contributed by atoms with Crippen LogP contribution in [-0.4, -0.2) is 36.4 Å². The Balaban J connectivity index is 2.64. The fourth-order valence-electron chi connectivity index (χ4n) is 2.20. The van der Waals surface area contributed by atoms with E-state index in [1.807, 2.05) is 0 Å². The average Bonchev–Trinajstić information content (AvgIpc) is 2.38. The summed E-state index contributed by atoms with van der Waals surface area (Å²) in [6, 6.07) is 1.18. The number of non-ortho nitro benzene ring substituents is 1. The number of benzene rings is 1. The van der Waals surface area contributed by atoms with Gasteiger partial charge in [0.25, 0.3) is 5.69 Å². The largest absolute Gasteiger partial charge is 0.345 e. The number of sulfonamides is 1. The first-order valence-corrected chi connectivity index (χ1v) is 7.56. The summed E-state index contributed by atoms with van der Waals surface area (Å²) >= 11 is 0.